The number of nitrogen functional groups attached to an aromatic ring is 1. The van der Waals surface area contributed by atoms with E-state index in [2.05, 4.69) is 18.7 Å². The fourth-order valence-electron chi connectivity index (χ4n) is 2.77. The van der Waals surface area contributed by atoms with Crippen molar-refractivity contribution in [2.45, 2.75) is 26.3 Å². The summed E-state index contributed by atoms with van der Waals surface area (Å²) in [4.78, 5) is 16.7. The molecule has 0 aromatic heterocycles. The zero-order chi connectivity index (χ0) is 13.8. The van der Waals surface area contributed by atoms with Crippen molar-refractivity contribution >= 4 is 11.6 Å². The number of hydrogen-bond acceptors (Lipinski definition) is 3. The summed E-state index contributed by atoms with van der Waals surface area (Å²) in [5.41, 5.74) is 7.07. The van der Waals surface area contributed by atoms with E-state index in [0.717, 1.165) is 38.2 Å². The van der Waals surface area contributed by atoms with Gasteiger partial charge in [0.25, 0.3) is 5.91 Å². The number of likely N-dealkylation sites (tertiary alicyclic amines) is 1. The van der Waals surface area contributed by atoms with Gasteiger partial charge in [0.05, 0.1) is 0 Å². The normalized spacial score (nSPS) is 19.1. The molecule has 1 aliphatic rings. The lowest BCUT2D eigenvalue weighted by molar-refractivity contribution is 0.0778. The number of carbonyl (C=O) groups is 1. The molecule has 1 saturated heterocycles. The van der Waals surface area contributed by atoms with Gasteiger partial charge in [0.1, 0.15) is 0 Å². The van der Waals surface area contributed by atoms with E-state index in [1.54, 1.807) is 12.1 Å². The Morgan fingerprint density at radius 2 is 1.95 bits per heavy atom. The van der Waals surface area contributed by atoms with Crippen LogP contribution in [0.3, 0.4) is 0 Å². The lowest BCUT2D eigenvalue weighted by Gasteiger charge is -2.26. The van der Waals surface area contributed by atoms with E-state index in [1.807, 2.05) is 17.0 Å². The summed E-state index contributed by atoms with van der Waals surface area (Å²) in [5, 5.41) is 0. The van der Waals surface area contributed by atoms with E-state index in [4.69, 9.17) is 5.73 Å². The van der Waals surface area contributed by atoms with Gasteiger partial charge in [0.15, 0.2) is 0 Å². The molecule has 1 fully saturated rings. The predicted octanol–water partition coefficient (Wildman–Crippen LogP) is 1.83. The van der Waals surface area contributed by atoms with Crippen LogP contribution >= 0.6 is 0 Å². The molecule has 2 N–H and O–H groups in total. The number of amides is 1. The van der Waals surface area contributed by atoms with E-state index in [9.17, 15) is 4.79 Å². The van der Waals surface area contributed by atoms with Crippen LogP contribution in [0.4, 0.5) is 5.69 Å². The molecule has 1 aromatic carbocycles. The van der Waals surface area contributed by atoms with Crippen LogP contribution in [0.15, 0.2) is 24.3 Å². The van der Waals surface area contributed by atoms with Gasteiger partial charge in [-0.2, -0.15) is 0 Å². The van der Waals surface area contributed by atoms with Gasteiger partial charge in [-0.1, -0.05) is 13.8 Å². The van der Waals surface area contributed by atoms with Crippen LogP contribution in [0.2, 0.25) is 0 Å². The Labute approximate surface area is 115 Å². The van der Waals surface area contributed by atoms with E-state index in [-0.39, 0.29) is 5.91 Å². The third-order valence-electron chi connectivity index (χ3n) is 3.94. The molecule has 1 atom stereocenters. The lowest BCUT2D eigenvalue weighted by atomic mass is 10.2. The second kappa shape index (κ2) is 6.06. The number of nitrogens with two attached hydrogens (primary N) is 1. The van der Waals surface area contributed by atoms with Crippen molar-refractivity contribution in [3.8, 4) is 0 Å². The van der Waals surface area contributed by atoms with Gasteiger partial charge >= 0.3 is 0 Å². The Kier molecular flexibility index (Phi) is 4.43. The van der Waals surface area contributed by atoms with Gasteiger partial charge in [0.2, 0.25) is 0 Å². The van der Waals surface area contributed by atoms with Crippen LogP contribution in [0.25, 0.3) is 0 Å². The van der Waals surface area contributed by atoms with E-state index < -0.39 is 0 Å². The maximum Gasteiger partial charge on any atom is 0.253 e. The third-order valence-corrected chi connectivity index (χ3v) is 3.94. The Morgan fingerprint density at radius 1 is 1.32 bits per heavy atom. The molecule has 104 valence electrons. The Balaban J connectivity index is 2.00. The average Bonchev–Trinajstić information content (AvgIpc) is 2.90. The summed E-state index contributed by atoms with van der Waals surface area (Å²) in [6.07, 6.45) is 1.07. The van der Waals surface area contributed by atoms with Crippen LogP contribution in [-0.2, 0) is 0 Å². The van der Waals surface area contributed by atoms with Crippen LogP contribution in [0, 0.1) is 0 Å². The topological polar surface area (TPSA) is 49.6 Å². The quantitative estimate of drug-likeness (QED) is 0.841. The molecule has 19 heavy (non-hydrogen) atoms. The highest BCUT2D eigenvalue weighted by molar-refractivity contribution is 5.94. The van der Waals surface area contributed by atoms with E-state index in [1.165, 1.54) is 0 Å². The zero-order valence-corrected chi connectivity index (χ0v) is 11.8. The predicted molar refractivity (Wildman–Crippen MR) is 78.1 cm³/mol. The first-order valence-electron chi connectivity index (χ1n) is 7.04. The number of hydrogen-bond donors (Lipinski definition) is 1. The fourth-order valence-corrected chi connectivity index (χ4v) is 2.77. The number of rotatable bonds is 4. The average molecular weight is 261 g/mol. The number of likely N-dealkylation sites (N-methyl/N-ethyl adjacent to an activating group) is 1. The summed E-state index contributed by atoms with van der Waals surface area (Å²) in [7, 11) is 0. The van der Waals surface area contributed by atoms with Crippen molar-refractivity contribution in [1.29, 1.82) is 0 Å². The van der Waals surface area contributed by atoms with Crippen molar-refractivity contribution in [3.63, 3.8) is 0 Å². The molecule has 0 radical (unpaired) electrons. The molecule has 2 rings (SSSR count). The second-order valence-corrected chi connectivity index (χ2v) is 5.04. The number of nitrogens with zero attached hydrogens (tertiary/aromatic N) is 2. The van der Waals surface area contributed by atoms with E-state index in [0.29, 0.717) is 11.7 Å². The van der Waals surface area contributed by atoms with Crippen molar-refractivity contribution in [1.82, 2.24) is 9.80 Å². The summed E-state index contributed by atoms with van der Waals surface area (Å²) in [6, 6.07) is 7.69. The molecule has 0 saturated carbocycles. The highest BCUT2D eigenvalue weighted by Crippen LogP contribution is 2.18. The van der Waals surface area contributed by atoms with Crippen molar-refractivity contribution < 1.29 is 4.79 Å². The van der Waals surface area contributed by atoms with Gasteiger partial charge < -0.3 is 10.6 Å². The van der Waals surface area contributed by atoms with Gasteiger partial charge in [0, 0.05) is 30.4 Å². The molecule has 1 aliphatic heterocycles. The van der Waals surface area contributed by atoms with Gasteiger partial charge in [-0.15, -0.1) is 0 Å². The standard InChI is InChI=1S/C15H23N3O/c1-3-17(4-2)14-9-10-18(11-14)15(19)12-5-7-13(16)8-6-12/h5-8,14H,3-4,9-11,16H2,1-2H3. The molecule has 1 heterocycles. The van der Waals surface area contributed by atoms with Gasteiger partial charge in [-0.25, -0.2) is 0 Å². The number of anilines is 1. The summed E-state index contributed by atoms with van der Waals surface area (Å²) < 4.78 is 0. The molecule has 1 aromatic rings. The van der Waals surface area contributed by atoms with Crippen molar-refractivity contribution in [3.05, 3.63) is 29.8 Å². The second-order valence-electron chi connectivity index (χ2n) is 5.04. The minimum Gasteiger partial charge on any atom is -0.399 e. The van der Waals surface area contributed by atoms with Crippen LogP contribution in [0.1, 0.15) is 30.6 Å². The number of benzene rings is 1. The van der Waals surface area contributed by atoms with Crippen molar-refractivity contribution in [2.75, 3.05) is 31.9 Å². The Bertz CT molecular complexity index is 426. The van der Waals surface area contributed by atoms with Crippen LogP contribution < -0.4 is 5.73 Å². The first kappa shape index (κ1) is 13.9. The summed E-state index contributed by atoms with van der Waals surface area (Å²) in [6.45, 7) is 8.13. The zero-order valence-electron chi connectivity index (χ0n) is 11.8. The monoisotopic (exact) mass is 261 g/mol. The third kappa shape index (κ3) is 3.07. The minimum atomic E-state index is 0.120. The van der Waals surface area contributed by atoms with Gasteiger partial charge in [-0.05, 0) is 43.8 Å². The molecule has 0 spiro atoms. The smallest absolute Gasteiger partial charge is 0.253 e. The van der Waals surface area contributed by atoms with Gasteiger partial charge in [-0.3, -0.25) is 9.69 Å². The molecule has 4 heteroatoms. The largest absolute Gasteiger partial charge is 0.399 e. The molecule has 0 bridgehead atoms. The first-order chi connectivity index (χ1) is 9.15. The maximum atomic E-state index is 12.4. The molecule has 1 unspecified atom stereocenters. The lowest BCUT2D eigenvalue weighted by Crippen LogP contribution is -2.38. The number of carbonyl (C=O) groups excluding carboxylic acids is 1. The minimum absolute atomic E-state index is 0.120. The first-order valence-corrected chi connectivity index (χ1v) is 7.04. The highest BCUT2D eigenvalue weighted by atomic mass is 16.2. The molecular formula is C15H23N3O. The molecule has 1 amide bonds. The highest BCUT2D eigenvalue weighted by Gasteiger charge is 2.29. The van der Waals surface area contributed by atoms with E-state index >= 15 is 0 Å². The molecule has 0 aliphatic carbocycles. The van der Waals surface area contributed by atoms with Crippen LogP contribution in [-0.4, -0.2) is 47.9 Å². The SMILES string of the molecule is CCN(CC)C1CCN(C(=O)c2ccc(N)cc2)C1. The summed E-state index contributed by atoms with van der Waals surface area (Å²) >= 11 is 0. The summed E-state index contributed by atoms with van der Waals surface area (Å²) in [5.74, 6) is 0.120. The Hall–Kier alpha value is -1.55. The molecular weight excluding hydrogens is 238 g/mol. The van der Waals surface area contributed by atoms with Crippen molar-refractivity contribution in [2.24, 2.45) is 0 Å². The maximum absolute atomic E-state index is 12.4. The van der Waals surface area contributed by atoms with Crippen LogP contribution in [0.5, 0.6) is 0 Å². The molecule has 4 nitrogen and oxygen atoms in total. The Morgan fingerprint density at radius 3 is 2.53 bits per heavy atom. The fraction of sp³-hybridized carbons (Fsp3) is 0.533.